The number of likely N-dealkylation sites (N-methyl/N-ethyl adjacent to an activating group) is 1. The molecule has 3 aromatic rings. The molecular weight excluding hydrogens is 461 g/mol. The van der Waals surface area contributed by atoms with E-state index in [0.717, 1.165) is 13.1 Å². The summed E-state index contributed by atoms with van der Waals surface area (Å²) < 4.78 is 19.2. The van der Waals surface area contributed by atoms with Gasteiger partial charge in [0.15, 0.2) is 5.82 Å². The quantitative estimate of drug-likeness (QED) is 0.488. The maximum Gasteiger partial charge on any atom is 0.257 e. The maximum atomic E-state index is 13.9. The second-order valence-corrected chi connectivity index (χ2v) is 9.19. The zero-order valence-corrected chi connectivity index (χ0v) is 20.7. The van der Waals surface area contributed by atoms with Crippen molar-refractivity contribution in [1.82, 2.24) is 25.3 Å². The van der Waals surface area contributed by atoms with E-state index in [2.05, 4.69) is 27.3 Å². The first-order chi connectivity index (χ1) is 17.4. The molecule has 2 aromatic carbocycles. The standard InChI is InChI=1S/C27H32FN5O3/c1-19-7-5-6-16-33(19)18-15-29-25(34)20-10-12-21(13-11-20)26-30-24(31-36-26)14-17-32(2)27(35)22-8-3-4-9-23(22)28/h3-4,8-13,19H,5-7,14-18H2,1-2H3,(H,29,34). The predicted octanol–water partition coefficient (Wildman–Crippen LogP) is 3.79. The van der Waals surface area contributed by atoms with E-state index in [1.807, 2.05) is 0 Å². The van der Waals surface area contributed by atoms with Gasteiger partial charge < -0.3 is 14.7 Å². The number of hydrogen-bond donors (Lipinski definition) is 1. The van der Waals surface area contributed by atoms with Crippen LogP contribution in [0.5, 0.6) is 0 Å². The lowest BCUT2D eigenvalue weighted by molar-refractivity contribution is 0.0790. The Hall–Kier alpha value is -3.59. The van der Waals surface area contributed by atoms with Crippen molar-refractivity contribution in [2.45, 2.75) is 38.6 Å². The van der Waals surface area contributed by atoms with Crippen molar-refractivity contribution in [3.63, 3.8) is 0 Å². The Kier molecular flexibility index (Phi) is 8.43. The molecule has 2 amide bonds. The third-order valence-corrected chi connectivity index (χ3v) is 6.61. The maximum absolute atomic E-state index is 13.9. The van der Waals surface area contributed by atoms with Crippen LogP contribution in [-0.2, 0) is 6.42 Å². The van der Waals surface area contributed by atoms with Crippen molar-refractivity contribution < 1.29 is 18.5 Å². The summed E-state index contributed by atoms with van der Waals surface area (Å²) in [5.74, 6) is -0.299. The molecule has 2 heterocycles. The van der Waals surface area contributed by atoms with Crippen LogP contribution in [0.3, 0.4) is 0 Å². The molecule has 1 saturated heterocycles. The number of piperidine rings is 1. The summed E-state index contributed by atoms with van der Waals surface area (Å²) in [6, 6.07) is 13.5. The summed E-state index contributed by atoms with van der Waals surface area (Å²) in [5.41, 5.74) is 1.29. The van der Waals surface area contributed by atoms with Gasteiger partial charge in [-0.2, -0.15) is 4.98 Å². The van der Waals surface area contributed by atoms with Gasteiger partial charge in [0.1, 0.15) is 5.82 Å². The SMILES string of the molecule is CC1CCCCN1CCNC(=O)c1ccc(-c2nc(CCN(C)C(=O)c3ccccc3F)no2)cc1. The van der Waals surface area contributed by atoms with Crippen LogP contribution in [0.25, 0.3) is 11.5 Å². The van der Waals surface area contributed by atoms with Gasteiger partial charge in [-0.3, -0.25) is 14.5 Å². The van der Waals surface area contributed by atoms with Crippen LogP contribution in [0.4, 0.5) is 4.39 Å². The van der Waals surface area contributed by atoms with Crippen molar-refractivity contribution in [2.75, 3.05) is 33.2 Å². The van der Waals surface area contributed by atoms with E-state index in [-0.39, 0.29) is 11.5 Å². The lowest BCUT2D eigenvalue weighted by Gasteiger charge is -2.33. The van der Waals surface area contributed by atoms with Gasteiger partial charge in [0.2, 0.25) is 0 Å². The molecule has 1 aliphatic heterocycles. The summed E-state index contributed by atoms with van der Waals surface area (Å²) in [6.45, 7) is 5.12. The molecular formula is C27H32FN5O3. The Morgan fingerprint density at radius 1 is 1.17 bits per heavy atom. The number of carbonyl (C=O) groups is 2. The van der Waals surface area contributed by atoms with Gasteiger partial charge in [0.25, 0.3) is 17.7 Å². The molecule has 1 fully saturated rings. The highest BCUT2D eigenvalue weighted by atomic mass is 19.1. The highest BCUT2D eigenvalue weighted by Crippen LogP contribution is 2.19. The van der Waals surface area contributed by atoms with Crippen molar-refractivity contribution >= 4 is 11.8 Å². The van der Waals surface area contributed by atoms with Crippen LogP contribution in [0, 0.1) is 5.82 Å². The first-order valence-corrected chi connectivity index (χ1v) is 12.4. The second-order valence-electron chi connectivity index (χ2n) is 9.19. The number of aromatic nitrogens is 2. The molecule has 0 saturated carbocycles. The molecule has 1 unspecified atom stereocenters. The Balaban J connectivity index is 1.27. The van der Waals surface area contributed by atoms with Gasteiger partial charge in [-0.15, -0.1) is 0 Å². The molecule has 0 radical (unpaired) electrons. The van der Waals surface area contributed by atoms with E-state index in [9.17, 15) is 14.0 Å². The van der Waals surface area contributed by atoms with E-state index < -0.39 is 11.7 Å². The molecule has 1 N–H and O–H groups in total. The second kappa shape index (κ2) is 11.9. The minimum atomic E-state index is -0.551. The first kappa shape index (κ1) is 25.5. The van der Waals surface area contributed by atoms with Gasteiger partial charge in [-0.1, -0.05) is 23.7 Å². The number of nitrogens with zero attached hydrogens (tertiary/aromatic N) is 4. The highest BCUT2D eigenvalue weighted by molar-refractivity contribution is 5.95. The van der Waals surface area contributed by atoms with Gasteiger partial charge in [0, 0.05) is 50.3 Å². The fourth-order valence-corrected chi connectivity index (χ4v) is 4.35. The van der Waals surface area contributed by atoms with E-state index in [1.165, 1.54) is 36.3 Å². The normalized spacial score (nSPS) is 16.0. The van der Waals surface area contributed by atoms with Crippen LogP contribution in [-0.4, -0.2) is 71.0 Å². The topological polar surface area (TPSA) is 91.6 Å². The van der Waals surface area contributed by atoms with Crippen LogP contribution in [0.15, 0.2) is 53.1 Å². The van der Waals surface area contributed by atoms with E-state index in [4.69, 9.17) is 4.52 Å². The fraction of sp³-hybridized carbons (Fsp3) is 0.407. The molecule has 4 rings (SSSR count). The smallest absolute Gasteiger partial charge is 0.257 e. The third kappa shape index (κ3) is 6.34. The van der Waals surface area contributed by atoms with Gasteiger partial charge in [-0.05, 0) is 62.7 Å². The van der Waals surface area contributed by atoms with Gasteiger partial charge in [0.05, 0.1) is 5.56 Å². The van der Waals surface area contributed by atoms with Gasteiger partial charge >= 0.3 is 0 Å². The zero-order chi connectivity index (χ0) is 25.5. The third-order valence-electron chi connectivity index (χ3n) is 6.61. The molecule has 9 heteroatoms. The monoisotopic (exact) mass is 493 g/mol. The predicted molar refractivity (Wildman–Crippen MR) is 134 cm³/mol. The van der Waals surface area contributed by atoms with Gasteiger partial charge in [-0.25, -0.2) is 4.39 Å². The van der Waals surface area contributed by atoms with Crippen molar-refractivity contribution in [1.29, 1.82) is 0 Å². The van der Waals surface area contributed by atoms with Crippen LogP contribution < -0.4 is 5.32 Å². The molecule has 1 aliphatic rings. The summed E-state index contributed by atoms with van der Waals surface area (Å²) >= 11 is 0. The minimum absolute atomic E-state index is 0.0268. The van der Waals surface area contributed by atoms with E-state index in [0.29, 0.717) is 48.4 Å². The van der Waals surface area contributed by atoms with E-state index in [1.54, 1.807) is 43.4 Å². The van der Waals surface area contributed by atoms with Crippen molar-refractivity contribution in [2.24, 2.45) is 0 Å². The van der Waals surface area contributed by atoms with Crippen molar-refractivity contribution in [3.8, 4) is 11.5 Å². The number of hydrogen-bond acceptors (Lipinski definition) is 6. The minimum Gasteiger partial charge on any atom is -0.351 e. The lowest BCUT2D eigenvalue weighted by atomic mass is 10.0. The Morgan fingerprint density at radius 2 is 1.94 bits per heavy atom. The molecule has 36 heavy (non-hydrogen) atoms. The number of halogens is 1. The molecule has 0 aliphatic carbocycles. The number of rotatable bonds is 9. The molecule has 8 nitrogen and oxygen atoms in total. The molecule has 1 atom stereocenters. The number of nitrogens with one attached hydrogen (secondary N) is 1. The summed E-state index contributed by atoms with van der Waals surface area (Å²) in [5, 5.41) is 6.97. The molecule has 190 valence electrons. The Bertz CT molecular complexity index is 1180. The fourth-order valence-electron chi connectivity index (χ4n) is 4.35. The number of carbonyl (C=O) groups excluding carboxylic acids is 2. The van der Waals surface area contributed by atoms with Crippen LogP contribution in [0.2, 0.25) is 0 Å². The first-order valence-electron chi connectivity index (χ1n) is 12.4. The lowest BCUT2D eigenvalue weighted by Crippen LogP contribution is -2.42. The Labute approximate surface area is 210 Å². The number of amides is 2. The summed E-state index contributed by atoms with van der Waals surface area (Å²) in [7, 11) is 1.60. The summed E-state index contributed by atoms with van der Waals surface area (Å²) in [6.07, 6.45) is 4.08. The molecule has 0 bridgehead atoms. The molecule has 1 aromatic heterocycles. The van der Waals surface area contributed by atoms with Crippen LogP contribution in [0.1, 0.15) is 52.7 Å². The summed E-state index contributed by atoms with van der Waals surface area (Å²) in [4.78, 5) is 33.2. The molecule has 0 spiro atoms. The Morgan fingerprint density at radius 3 is 2.69 bits per heavy atom. The average Bonchev–Trinajstić information content (AvgIpc) is 3.37. The average molecular weight is 494 g/mol. The number of benzene rings is 2. The largest absolute Gasteiger partial charge is 0.351 e. The highest BCUT2D eigenvalue weighted by Gasteiger charge is 2.19. The van der Waals surface area contributed by atoms with E-state index >= 15 is 0 Å². The number of likely N-dealkylation sites (tertiary alicyclic amines) is 1. The van der Waals surface area contributed by atoms with Crippen molar-refractivity contribution in [3.05, 3.63) is 71.3 Å². The zero-order valence-electron chi connectivity index (χ0n) is 20.7. The van der Waals surface area contributed by atoms with Crippen LogP contribution >= 0.6 is 0 Å².